The summed E-state index contributed by atoms with van der Waals surface area (Å²) in [5, 5.41) is 9.61. The molecule has 1 unspecified atom stereocenters. The van der Waals surface area contributed by atoms with Crippen molar-refractivity contribution in [3.05, 3.63) is 23.8 Å². The molecule has 0 aliphatic carbocycles. The molecule has 1 aromatic carbocycles. The van der Waals surface area contributed by atoms with Gasteiger partial charge in [0.2, 0.25) is 0 Å². The summed E-state index contributed by atoms with van der Waals surface area (Å²) in [6, 6.07) is 5.21. The standard InChI is InChI=1S/C14H19NO4/c1-10-12(16)6-3-7-13(10)19-9-11-5-4-8-15(11)14(17)18-2/h3,6-7,11,16H,4-5,8-9H2,1-2H3. The van der Waals surface area contributed by atoms with Crippen LogP contribution < -0.4 is 4.74 Å². The van der Waals surface area contributed by atoms with Crippen LogP contribution in [0, 0.1) is 6.92 Å². The number of carbonyl (C=O) groups is 1. The van der Waals surface area contributed by atoms with Gasteiger partial charge in [-0.2, -0.15) is 0 Å². The van der Waals surface area contributed by atoms with Crippen LogP contribution in [-0.2, 0) is 4.74 Å². The van der Waals surface area contributed by atoms with Gasteiger partial charge in [0.15, 0.2) is 0 Å². The van der Waals surface area contributed by atoms with Crippen LogP contribution in [0.4, 0.5) is 4.79 Å². The SMILES string of the molecule is COC(=O)N1CCCC1COc1cccc(O)c1C. The van der Waals surface area contributed by atoms with E-state index >= 15 is 0 Å². The summed E-state index contributed by atoms with van der Waals surface area (Å²) in [4.78, 5) is 13.3. The van der Waals surface area contributed by atoms with Crippen LogP contribution in [0.15, 0.2) is 18.2 Å². The Hall–Kier alpha value is -1.91. The van der Waals surface area contributed by atoms with Gasteiger partial charge in [-0.15, -0.1) is 0 Å². The summed E-state index contributed by atoms with van der Waals surface area (Å²) in [6.45, 7) is 2.93. The van der Waals surface area contributed by atoms with Crippen LogP contribution in [0.3, 0.4) is 0 Å². The zero-order chi connectivity index (χ0) is 13.8. The highest BCUT2D eigenvalue weighted by Crippen LogP contribution is 2.27. The zero-order valence-electron chi connectivity index (χ0n) is 11.3. The van der Waals surface area contributed by atoms with Gasteiger partial charge < -0.3 is 19.5 Å². The summed E-state index contributed by atoms with van der Waals surface area (Å²) >= 11 is 0. The summed E-state index contributed by atoms with van der Waals surface area (Å²) in [5.41, 5.74) is 0.713. The molecule has 1 heterocycles. The highest BCUT2D eigenvalue weighted by Gasteiger charge is 2.29. The maximum absolute atomic E-state index is 11.6. The average Bonchev–Trinajstić information content (AvgIpc) is 2.88. The largest absolute Gasteiger partial charge is 0.508 e. The monoisotopic (exact) mass is 265 g/mol. The van der Waals surface area contributed by atoms with Gasteiger partial charge in [-0.3, -0.25) is 0 Å². The molecule has 2 rings (SSSR count). The maximum Gasteiger partial charge on any atom is 0.409 e. The number of hydrogen-bond donors (Lipinski definition) is 1. The number of phenolic OH excluding ortho intramolecular Hbond substituents is 1. The van der Waals surface area contributed by atoms with Gasteiger partial charge >= 0.3 is 6.09 Å². The van der Waals surface area contributed by atoms with E-state index in [4.69, 9.17) is 9.47 Å². The number of carbonyl (C=O) groups excluding carboxylic acids is 1. The van der Waals surface area contributed by atoms with Gasteiger partial charge in [0.25, 0.3) is 0 Å². The minimum Gasteiger partial charge on any atom is -0.508 e. The summed E-state index contributed by atoms with van der Waals surface area (Å²) in [6.07, 6.45) is 1.56. The maximum atomic E-state index is 11.6. The van der Waals surface area contributed by atoms with E-state index in [0.717, 1.165) is 12.8 Å². The molecule has 1 N–H and O–H groups in total. The van der Waals surface area contributed by atoms with Gasteiger partial charge in [-0.25, -0.2) is 4.79 Å². The highest BCUT2D eigenvalue weighted by atomic mass is 16.5. The van der Waals surface area contributed by atoms with Crippen molar-refractivity contribution >= 4 is 6.09 Å². The molecule has 0 aromatic heterocycles. The molecule has 19 heavy (non-hydrogen) atoms. The second-order valence-corrected chi connectivity index (χ2v) is 4.67. The second kappa shape index (κ2) is 5.82. The van der Waals surface area contributed by atoms with Gasteiger partial charge in [-0.05, 0) is 31.9 Å². The number of hydrogen-bond acceptors (Lipinski definition) is 4. The lowest BCUT2D eigenvalue weighted by molar-refractivity contribution is 0.105. The number of amides is 1. The number of phenols is 1. The Kier molecular flexibility index (Phi) is 4.14. The molecule has 1 aromatic rings. The molecule has 1 saturated heterocycles. The van der Waals surface area contributed by atoms with Gasteiger partial charge in [-0.1, -0.05) is 6.07 Å². The molecule has 0 spiro atoms. The molecule has 1 aliphatic heterocycles. The topological polar surface area (TPSA) is 59.0 Å². The van der Waals surface area contributed by atoms with Crippen LogP contribution in [0.25, 0.3) is 0 Å². The van der Waals surface area contributed by atoms with Crippen molar-refractivity contribution in [1.82, 2.24) is 4.90 Å². The van der Waals surface area contributed by atoms with Crippen LogP contribution in [-0.4, -0.2) is 42.4 Å². The smallest absolute Gasteiger partial charge is 0.409 e. The van der Waals surface area contributed by atoms with Crippen LogP contribution in [0.1, 0.15) is 18.4 Å². The van der Waals surface area contributed by atoms with E-state index < -0.39 is 0 Å². The third-order valence-electron chi connectivity index (χ3n) is 3.47. The average molecular weight is 265 g/mol. The van der Waals surface area contributed by atoms with E-state index in [1.165, 1.54) is 7.11 Å². The van der Waals surface area contributed by atoms with Crippen molar-refractivity contribution in [2.45, 2.75) is 25.8 Å². The van der Waals surface area contributed by atoms with Gasteiger partial charge in [0.05, 0.1) is 13.2 Å². The first-order valence-corrected chi connectivity index (χ1v) is 6.39. The number of benzene rings is 1. The molecule has 5 nitrogen and oxygen atoms in total. The van der Waals surface area contributed by atoms with Crippen LogP contribution >= 0.6 is 0 Å². The second-order valence-electron chi connectivity index (χ2n) is 4.67. The van der Waals surface area contributed by atoms with E-state index in [9.17, 15) is 9.90 Å². The molecule has 5 heteroatoms. The molecule has 1 fully saturated rings. The van der Waals surface area contributed by atoms with Crippen LogP contribution in [0.5, 0.6) is 11.5 Å². The van der Waals surface area contributed by atoms with Crippen molar-refractivity contribution in [3.8, 4) is 11.5 Å². The van der Waals surface area contributed by atoms with Crippen molar-refractivity contribution in [3.63, 3.8) is 0 Å². The fraction of sp³-hybridized carbons (Fsp3) is 0.500. The fourth-order valence-corrected chi connectivity index (χ4v) is 2.31. The normalized spacial score (nSPS) is 18.4. The lowest BCUT2D eigenvalue weighted by Crippen LogP contribution is -2.38. The quantitative estimate of drug-likeness (QED) is 0.911. The predicted molar refractivity (Wildman–Crippen MR) is 70.5 cm³/mol. The number of nitrogens with zero attached hydrogens (tertiary/aromatic N) is 1. The molecule has 1 atom stereocenters. The molecule has 1 aliphatic rings. The number of aromatic hydroxyl groups is 1. The lowest BCUT2D eigenvalue weighted by Gasteiger charge is -2.23. The third kappa shape index (κ3) is 2.92. The minimum atomic E-state index is -0.307. The van der Waals surface area contributed by atoms with Crippen molar-refractivity contribution in [2.24, 2.45) is 0 Å². The van der Waals surface area contributed by atoms with E-state index in [1.807, 2.05) is 6.07 Å². The van der Waals surface area contributed by atoms with Crippen molar-refractivity contribution in [1.29, 1.82) is 0 Å². The Bertz CT molecular complexity index is 461. The molecule has 0 bridgehead atoms. The van der Waals surface area contributed by atoms with Crippen molar-refractivity contribution < 1.29 is 19.4 Å². The minimum absolute atomic E-state index is 0.0363. The zero-order valence-corrected chi connectivity index (χ0v) is 11.3. The Labute approximate surface area is 112 Å². The summed E-state index contributed by atoms with van der Waals surface area (Å²) < 4.78 is 10.5. The number of likely N-dealkylation sites (tertiary alicyclic amines) is 1. The molecule has 0 radical (unpaired) electrons. The molecule has 1 amide bonds. The van der Waals surface area contributed by atoms with E-state index in [0.29, 0.717) is 24.5 Å². The Balaban J connectivity index is 1.98. The molecule has 0 saturated carbocycles. The fourth-order valence-electron chi connectivity index (χ4n) is 2.31. The number of ether oxygens (including phenoxy) is 2. The summed E-state index contributed by atoms with van der Waals surface area (Å²) in [5.74, 6) is 0.866. The predicted octanol–water partition coefficient (Wildman–Crippen LogP) is 2.31. The van der Waals surface area contributed by atoms with Crippen molar-refractivity contribution in [2.75, 3.05) is 20.3 Å². The van der Waals surface area contributed by atoms with Crippen LogP contribution in [0.2, 0.25) is 0 Å². The lowest BCUT2D eigenvalue weighted by atomic mass is 10.2. The molecular formula is C14H19NO4. The van der Waals surface area contributed by atoms with E-state index in [-0.39, 0.29) is 17.9 Å². The van der Waals surface area contributed by atoms with Gasteiger partial charge in [0.1, 0.15) is 18.1 Å². The Morgan fingerprint density at radius 3 is 3.05 bits per heavy atom. The first kappa shape index (κ1) is 13.5. The number of rotatable bonds is 3. The first-order valence-electron chi connectivity index (χ1n) is 6.39. The summed E-state index contributed by atoms with van der Waals surface area (Å²) in [7, 11) is 1.39. The van der Waals surface area contributed by atoms with E-state index in [2.05, 4.69) is 0 Å². The molecule has 104 valence electrons. The number of methoxy groups -OCH3 is 1. The highest BCUT2D eigenvalue weighted by molar-refractivity contribution is 5.68. The Morgan fingerprint density at radius 2 is 2.32 bits per heavy atom. The molecular weight excluding hydrogens is 246 g/mol. The first-order chi connectivity index (χ1) is 9.13. The third-order valence-corrected chi connectivity index (χ3v) is 3.47. The Morgan fingerprint density at radius 1 is 1.53 bits per heavy atom. The van der Waals surface area contributed by atoms with E-state index in [1.54, 1.807) is 24.0 Å². The van der Waals surface area contributed by atoms with Gasteiger partial charge in [0, 0.05) is 12.1 Å².